The Bertz CT molecular complexity index is 937. The zero-order valence-corrected chi connectivity index (χ0v) is 19.7. The number of likely N-dealkylation sites (tertiary alicyclic amines) is 2. The van der Waals surface area contributed by atoms with Crippen molar-refractivity contribution in [2.75, 3.05) is 19.6 Å². The Hall–Kier alpha value is -2.22. The summed E-state index contributed by atoms with van der Waals surface area (Å²) in [5.74, 6) is 1.60. The van der Waals surface area contributed by atoms with Crippen LogP contribution >= 0.6 is 11.3 Å². The smallest absolute Gasteiger partial charge is 0.264 e. The van der Waals surface area contributed by atoms with Gasteiger partial charge in [-0.15, -0.1) is 21.5 Å². The fourth-order valence-corrected chi connectivity index (χ4v) is 5.32. The summed E-state index contributed by atoms with van der Waals surface area (Å²) in [5, 5.41) is 10.7. The molecular weight excluding hydrogens is 412 g/mol. The van der Waals surface area contributed by atoms with Crippen LogP contribution in [0.5, 0.6) is 0 Å². The van der Waals surface area contributed by atoms with E-state index in [2.05, 4.69) is 10.2 Å². The highest BCUT2D eigenvalue weighted by Crippen LogP contribution is 2.35. The summed E-state index contributed by atoms with van der Waals surface area (Å²) < 4.78 is 6.13. The van der Waals surface area contributed by atoms with Crippen LogP contribution in [0.3, 0.4) is 0 Å². The molecule has 2 amide bonds. The number of carbonyl (C=O) groups is 2. The van der Waals surface area contributed by atoms with Crippen LogP contribution < -0.4 is 0 Å². The molecule has 2 aromatic rings. The molecule has 0 spiro atoms. The molecule has 0 saturated carbocycles. The van der Waals surface area contributed by atoms with Gasteiger partial charge in [-0.3, -0.25) is 9.59 Å². The summed E-state index contributed by atoms with van der Waals surface area (Å²) in [4.78, 5) is 30.2. The molecule has 0 aromatic carbocycles. The summed E-state index contributed by atoms with van der Waals surface area (Å²) in [6.45, 7) is 10.0. The molecule has 168 valence electrons. The van der Waals surface area contributed by atoms with Crippen molar-refractivity contribution >= 4 is 23.2 Å². The second-order valence-corrected chi connectivity index (χ2v) is 10.7. The molecule has 2 aliphatic rings. The lowest BCUT2D eigenvalue weighted by molar-refractivity contribution is -0.140. The van der Waals surface area contributed by atoms with Crippen LogP contribution in [0.1, 0.15) is 91.9 Å². The van der Waals surface area contributed by atoms with Gasteiger partial charge in [0.05, 0.1) is 4.88 Å². The number of amides is 2. The van der Waals surface area contributed by atoms with Gasteiger partial charge in [-0.2, -0.15) is 0 Å². The minimum absolute atomic E-state index is 0.0524. The third-order valence-electron chi connectivity index (χ3n) is 6.22. The topological polar surface area (TPSA) is 79.5 Å². The fourth-order valence-electron chi connectivity index (χ4n) is 4.47. The Labute approximate surface area is 187 Å². The summed E-state index contributed by atoms with van der Waals surface area (Å²) in [5.41, 5.74) is 0.751. The standard InChI is InChI=1S/C23H32N4O3S/c1-15-13-18(31-14-15)21(28)27-10-6-5-7-17(27)20-25-24-19(30-20)16-8-11-26(12-9-16)22(29)23(2,3)4/h13-14,16-17H,5-12H2,1-4H3/t17-/m1/s1. The van der Waals surface area contributed by atoms with Crippen molar-refractivity contribution in [2.45, 2.75) is 71.8 Å². The monoisotopic (exact) mass is 444 g/mol. The fraction of sp³-hybridized carbons (Fsp3) is 0.652. The normalized spacial score (nSPS) is 20.8. The summed E-state index contributed by atoms with van der Waals surface area (Å²) >= 11 is 1.49. The minimum Gasteiger partial charge on any atom is -0.423 e. The van der Waals surface area contributed by atoms with Gasteiger partial charge in [0, 0.05) is 31.0 Å². The van der Waals surface area contributed by atoms with Crippen molar-refractivity contribution in [3.8, 4) is 0 Å². The molecule has 31 heavy (non-hydrogen) atoms. The van der Waals surface area contributed by atoms with Crippen LogP contribution in [-0.2, 0) is 4.79 Å². The van der Waals surface area contributed by atoms with E-state index in [0.717, 1.165) is 42.5 Å². The van der Waals surface area contributed by atoms with E-state index in [0.29, 0.717) is 31.4 Å². The van der Waals surface area contributed by atoms with Crippen LogP contribution in [-0.4, -0.2) is 51.4 Å². The van der Waals surface area contributed by atoms with Crippen molar-refractivity contribution in [3.63, 3.8) is 0 Å². The van der Waals surface area contributed by atoms with E-state index >= 15 is 0 Å². The number of hydrogen-bond acceptors (Lipinski definition) is 6. The number of rotatable bonds is 3. The van der Waals surface area contributed by atoms with Crippen LogP contribution in [0.25, 0.3) is 0 Å². The van der Waals surface area contributed by atoms with E-state index in [1.54, 1.807) is 0 Å². The maximum absolute atomic E-state index is 13.1. The molecule has 7 nitrogen and oxygen atoms in total. The van der Waals surface area contributed by atoms with Gasteiger partial charge >= 0.3 is 0 Å². The average Bonchev–Trinajstić information content (AvgIpc) is 3.42. The van der Waals surface area contributed by atoms with Crippen molar-refractivity contribution in [3.05, 3.63) is 33.7 Å². The Morgan fingerprint density at radius 1 is 1.06 bits per heavy atom. The zero-order valence-electron chi connectivity index (χ0n) is 18.9. The van der Waals surface area contributed by atoms with Gasteiger partial charge < -0.3 is 14.2 Å². The Morgan fingerprint density at radius 2 is 1.77 bits per heavy atom. The molecular formula is C23H32N4O3S. The first-order valence-electron chi connectivity index (χ1n) is 11.2. The lowest BCUT2D eigenvalue weighted by Gasteiger charge is -2.35. The van der Waals surface area contributed by atoms with Gasteiger partial charge in [0.2, 0.25) is 17.7 Å². The summed E-state index contributed by atoms with van der Waals surface area (Å²) in [6.07, 6.45) is 4.53. The highest BCUT2D eigenvalue weighted by atomic mass is 32.1. The first kappa shape index (κ1) is 22.0. The van der Waals surface area contributed by atoms with Crippen LogP contribution in [0.15, 0.2) is 15.9 Å². The van der Waals surface area contributed by atoms with Gasteiger partial charge in [-0.1, -0.05) is 20.8 Å². The summed E-state index contributed by atoms with van der Waals surface area (Å²) in [7, 11) is 0. The number of nitrogens with zero attached hydrogens (tertiary/aromatic N) is 4. The third-order valence-corrected chi connectivity index (χ3v) is 7.26. The number of piperidine rings is 2. The van der Waals surface area contributed by atoms with Gasteiger partial charge in [-0.05, 0) is 56.0 Å². The van der Waals surface area contributed by atoms with Gasteiger partial charge in [0.25, 0.3) is 5.91 Å². The lowest BCUT2D eigenvalue weighted by Crippen LogP contribution is -2.43. The van der Waals surface area contributed by atoms with Gasteiger partial charge in [-0.25, -0.2) is 0 Å². The molecule has 0 N–H and O–H groups in total. The first-order chi connectivity index (χ1) is 14.7. The number of aryl methyl sites for hydroxylation is 1. The van der Waals surface area contributed by atoms with Gasteiger partial charge in [0.15, 0.2) is 0 Å². The Kier molecular flexibility index (Phi) is 6.19. The van der Waals surface area contributed by atoms with Crippen molar-refractivity contribution < 1.29 is 14.0 Å². The molecule has 0 aliphatic carbocycles. The molecule has 4 rings (SSSR count). The van der Waals surface area contributed by atoms with E-state index < -0.39 is 0 Å². The first-order valence-corrected chi connectivity index (χ1v) is 12.1. The molecule has 4 heterocycles. The minimum atomic E-state index is -0.359. The number of carbonyl (C=O) groups excluding carboxylic acids is 2. The van der Waals surface area contributed by atoms with E-state index in [-0.39, 0.29) is 29.2 Å². The molecule has 2 saturated heterocycles. The van der Waals surface area contributed by atoms with Crippen molar-refractivity contribution in [1.29, 1.82) is 0 Å². The van der Waals surface area contributed by atoms with Crippen LogP contribution in [0.4, 0.5) is 0 Å². The predicted octanol–water partition coefficient (Wildman–Crippen LogP) is 4.56. The molecule has 0 unspecified atom stereocenters. The molecule has 0 radical (unpaired) electrons. The van der Waals surface area contributed by atoms with E-state index in [4.69, 9.17) is 4.42 Å². The van der Waals surface area contributed by atoms with E-state index in [1.165, 1.54) is 11.3 Å². The third kappa shape index (κ3) is 4.68. The Balaban J connectivity index is 1.44. The maximum atomic E-state index is 13.1. The van der Waals surface area contributed by atoms with Crippen molar-refractivity contribution in [1.82, 2.24) is 20.0 Å². The maximum Gasteiger partial charge on any atom is 0.264 e. The number of hydrogen-bond donors (Lipinski definition) is 0. The molecule has 2 aromatic heterocycles. The quantitative estimate of drug-likeness (QED) is 0.693. The zero-order chi connectivity index (χ0) is 22.2. The predicted molar refractivity (Wildman–Crippen MR) is 119 cm³/mol. The largest absolute Gasteiger partial charge is 0.423 e. The van der Waals surface area contributed by atoms with Crippen LogP contribution in [0, 0.1) is 12.3 Å². The Morgan fingerprint density at radius 3 is 2.42 bits per heavy atom. The van der Waals surface area contributed by atoms with E-state index in [1.807, 2.05) is 48.9 Å². The number of aromatic nitrogens is 2. The molecule has 1 atom stereocenters. The van der Waals surface area contributed by atoms with Crippen LogP contribution in [0.2, 0.25) is 0 Å². The second-order valence-electron chi connectivity index (χ2n) is 9.79. The second kappa shape index (κ2) is 8.73. The molecule has 0 bridgehead atoms. The SMILES string of the molecule is Cc1csc(C(=O)N2CCCC[C@@H]2c2nnc(C3CCN(C(=O)C(C)(C)C)CC3)o2)c1. The molecule has 2 fully saturated rings. The average molecular weight is 445 g/mol. The van der Waals surface area contributed by atoms with Gasteiger partial charge in [0.1, 0.15) is 6.04 Å². The summed E-state index contributed by atoms with van der Waals surface area (Å²) in [6, 6.07) is 1.79. The number of thiophene rings is 1. The highest BCUT2D eigenvalue weighted by Gasteiger charge is 2.35. The van der Waals surface area contributed by atoms with Crippen molar-refractivity contribution in [2.24, 2.45) is 5.41 Å². The lowest BCUT2D eigenvalue weighted by atomic mass is 9.91. The molecule has 8 heteroatoms. The van der Waals surface area contributed by atoms with E-state index in [9.17, 15) is 9.59 Å². The molecule has 2 aliphatic heterocycles. The highest BCUT2D eigenvalue weighted by molar-refractivity contribution is 7.12.